The lowest BCUT2D eigenvalue weighted by Gasteiger charge is -2.36. The van der Waals surface area contributed by atoms with E-state index in [1.165, 1.54) is 0 Å². The SMILES string of the molecule is CCOC(=O)N1CCN([C@@H](C)C(=O)Nc2ccc(N(C)C)cc2)CC1. The second kappa shape index (κ2) is 8.71. The first-order valence-electron chi connectivity index (χ1n) is 8.66. The van der Waals surface area contributed by atoms with Crippen molar-refractivity contribution in [3.63, 3.8) is 0 Å². The molecule has 1 saturated heterocycles. The molecule has 1 atom stereocenters. The van der Waals surface area contributed by atoms with Crippen LogP contribution < -0.4 is 10.2 Å². The van der Waals surface area contributed by atoms with Crippen LogP contribution in [-0.2, 0) is 9.53 Å². The van der Waals surface area contributed by atoms with Crippen molar-refractivity contribution < 1.29 is 14.3 Å². The average Bonchev–Trinajstić information content (AvgIpc) is 2.61. The summed E-state index contributed by atoms with van der Waals surface area (Å²) in [6, 6.07) is 7.49. The Morgan fingerprint density at radius 2 is 1.76 bits per heavy atom. The molecule has 1 N–H and O–H groups in total. The van der Waals surface area contributed by atoms with Crippen molar-refractivity contribution in [1.82, 2.24) is 9.80 Å². The molecular weight excluding hydrogens is 320 g/mol. The molecule has 2 amide bonds. The summed E-state index contributed by atoms with van der Waals surface area (Å²) in [5, 5.41) is 2.96. The van der Waals surface area contributed by atoms with E-state index in [1.807, 2.05) is 50.2 Å². The van der Waals surface area contributed by atoms with Crippen LogP contribution in [0.4, 0.5) is 16.2 Å². The van der Waals surface area contributed by atoms with Gasteiger partial charge >= 0.3 is 6.09 Å². The van der Waals surface area contributed by atoms with Gasteiger partial charge in [-0.25, -0.2) is 4.79 Å². The summed E-state index contributed by atoms with van der Waals surface area (Å²) in [7, 11) is 3.96. The Hall–Kier alpha value is -2.28. The van der Waals surface area contributed by atoms with Crippen LogP contribution in [0.5, 0.6) is 0 Å². The smallest absolute Gasteiger partial charge is 0.409 e. The first-order chi connectivity index (χ1) is 11.9. The molecule has 0 radical (unpaired) electrons. The third kappa shape index (κ3) is 5.09. The maximum atomic E-state index is 12.5. The van der Waals surface area contributed by atoms with E-state index < -0.39 is 0 Å². The largest absolute Gasteiger partial charge is 0.450 e. The Morgan fingerprint density at radius 1 is 1.16 bits per heavy atom. The van der Waals surface area contributed by atoms with Gasteiger partial charge in [0.05, 0.1) is 12.6 Å². The first kappa shape index (κ1) is 19.1. The fourth-order valence-electron chi connectivity index (χ4n) is 2.76. The second-order valence-electron chi connectivity index (χ2n) is 6.33. The van der Waals surface area contributed by atoms with E-state index in [9.17, 15) is 9.59 Å². The normalized spacial score (nSPS) is 16.2. The van der Waals surface area contributed by atoms with E-state index in [0.29, 0.717) is 32.8 Å². The molecule has 138 valence electrons. The third-order valence-corrected chi connectivity index (χ3v) is 4.42. The molecule has 1 aliphatic rings. The summed E-state index contributed by atoms with van der Waals surface area (Å²) in [4.78, 5) is 30.0. The van der Waals surface area contributed by atoms with Gasteiger partial charge in [-0.3, -0.25) is 9.69 Å². The van der Waals surface area contributed by atoms with E-state index in [4.69, 9.17) is 4.74 Å². The maximum Gasteiger partial charge on any atom is 0.409 e. The summed E-state index contributed by atoms with van der Waals surface area (Å²) in [5.74, 6) is -0.0396. The van der Waals surface area contributed by atoms with Gasteiger partial charge in [-0.1, -0.05) is 0 Å². The van der Waals surface area contributed by atoms with Crippen molar-refractivity contribution in [2.75, 3.05) is 57.1 Å². The van der Waals surface area contributed by atoms with Crippen LogP contribution >= 0.6 is 0 Å². The molecule has 2 rings (SSSR count). The highest BCUT2D eigenvalue weighted by Crippen LogP contribution is 2.16. The average molecular weight is 348 g/mol. The number of ether oxygens (including phenoxy) is 1. The van der Waals surface area contributed by atoms with Gasteiger partial charge in [0.15, 0.2) is 0 Å². The molecule has 7 heteroatoms. The van der Waals surface area contributed by atoms with Crippen molar-refractivity contribution in [2.24, 2.45) is 0 Å². The van der Waals surface area contributed by atoms with Gasteiger partial charge < -0.3 is 19.9 Å². The highest BCUT2D eigenvalue weighted by Gasteiger charge is 2.27. The summed E-state index contributed by atoms with van der Waals surface area (Å²) >= 11 is 0. The number of carbonyl (C=O) groups is 2. The summed E-state index contributed by atoms with van der Waals surface area (Å²) in [5.41, 5.74) is 1.87. The quantitative estimate of drug-likeness (QED) is 0.880. The van der Waals surface area contributed by atoms with Crippen molar-refractivity contribution in [3.8, 4) is 0 Å². The monoisotopic (exact) mass is 348 g/mol. The minimum Gasteiger partial charge on any atom is -0.450 e. The van der Waals surface area contributed by atoms with Crippen LogP contribution in [0.2, 0.25) is 0 Å². The topological polar surface area (TPSA) is 65.1 Å². The highest BCUT2D eigenvalue weighted by atomic mass is 16.6. The van der Waals surface area contributed by atoms with Gasteiger partial charge in [0.1, 0.15) is 0 Å². The predicted molar refractivity (Wildman–Crippen MR) is 99.0 cm³/mol. The van der Waals surface area contributed by atoms with Gasteiger partial charge in [-0.15, -0.1) is 0 Å². The van der Waals surface area contributed by atoms with Crippen LogP contribution in [-0.4, -0.2) is 74.7 Å². The molecule has 7 nitrogen and oxygen atoms in total. The maximum absolute atomic E-state index is 12.5. The van der Waals surface area contributed by atoms with E-state index in [-0.39, 0.29) is 18.0 Å². The molecule has 0 saturated carbocycles. The van der Waals surface area contributed by atoms with E-state index >= 15 is 0 Å². The lowest BCUT2D eigenvalue weighted by atomic mass is 10.2. The zero-order valence-electron chi connectivity index (χ0n) is 15.5. The van der Waals surface area contributed by atoms with Crippen molar-refractivity contribution in [2.45, 2.75) is 19.9 Å². The zero-order valence-corrected chi connectivity index (χ0v) is 15.5. The summed E-state index contributed by atoms with van der Waals surface area (Å²) in [6.07, 6.45) is -0.278. The Labute approximate surface area is 149 Å². The lowest BCUT2D eigenvalue weighted by Crippen LogP contribution is -2.54. The number of hydrogen-bond donors (Lipinski definition) is 1. The number of hydrogen-bond acceptors (Lipinski definition) is 5. The molecule has 0 bridgehead atoms. The molecule has 1 aromatic rings. The number of nitrogens with zero attached hydrogens (tertiary/aromatic N) is 3. The van der Waals surface area contributed by atoms with Crippen LogP contribution in [0.3, 0.4) is 0 Å². The molecule has 1 aromatic carbocycles. The molecule has 25 heavy (non-hydrogen) atoms. The van der Waals surface area contributed by atoms with Gasteiger partial charge in [0.25, 0.3) is 0 Å². The Morgan fingerprint density at radius 3 is 2.28 bits per heavy atom. The minimum absolute atomic E-state index is 0.0396. The fraction of sp³-hybridized carbons (Fsp3) is 0.556. The molecular formula is C18H28N4O3. The summed E-state index contributed by atoms with van der Waals surface area (Å²) < 4.78 is 5.02. The number of rotatable bonds is 5. The van der Waals surface area contributed by atoms with Crippen molar-refractivity contribution in [3.05, 3.63) is 24.3 Å². The third-order valence-electron chi connectivity index (χ3n) is 4.42. The Balaban J connectivity index is 1.85. The second-order valence-corrected chi connectivity index (χ2v) is 6.33. The highest BCUT2D eigenvalue weighted by molar-refractivity contribution is 5.94. The number of anilines is 2. The van der Waals surface area contributed by atoms with Crippen molar-refractivity contribution in [1.29, 1.82) is 0 Å². The summed E-state index contributed by atoms with van der Waals surface area (Å²) in [6.45, 7) is 6.54. The van der Waals surface area contributed by atoms with E-state index in [0.717, 1.165) is 11.4 Å². The molecule has 1 aliphatic heterocycles. The van der Waals surface area contributed by atoms with Gasteiger partial charge in [0, 0.05) is 51.6 Å². The van der Waals surface area contributed by atoms with E-state index in [1.54, 1.807) is 11.8 Å². The minimum atomic E-state index is -0.278. The number of carbonyl (C=O) groups excluding carboxylic acids is 2. The van der Waals surface area contributed by atoms with Crippen molar-refractivity contribution >= 4 is 23.4 Å². The number of amides is 2. The predicted octanol–water partition coefficient (Wildman–Crippen LogP) is 1.85. The first-order valence-corrected chi connectivity index (χ1v) is 8.66. The molecule has 0 aromatic heterocycles. The number of benzene rings is 1. The lowest BCUT2D eigenvalue weighted by molar-refractivity contribution is -0.121. The molecule has 0 unspecified atom stereocenters. The van der Waals surface area contributed by atoms with Gasteiger partial charge in [0.2, 0.25) is 5.91 Å². The van der Waals surface area contributed by atoms with Crippen LogP contribution in [0.1, 0.15) is 13.8 Å². The fourth-order valence-corrected chi connectivity index (χ4v) is 2.76. The molecule has 0 aliphatic carbocycles. The van der Waals surface area contributed by atoms with Gasteiger partial charge in [-0.05, 0) is 38.1 Å². The number of piperazine rings is 1. The van der Waals surface area contributed by atoms with E-state index in [2.05, 4.69) is 10.2 Å². The molecule has 1 heterocycles. The Bertz CT molecular complexity index is 580. The molecule has 0 spiro atoms. The molecule has 1 fully saturated rings. The number of nitrogens with one attached hydrogen (secondary N) is 1. The zero-order chi connectivity index (χ0) is 18.4. The van der Waals surface area contributed by atoms with Crippen LogP contribution in [0, 0.1) is 0 Å². The Kier molecular flexibility index (Phi) is 6.64. The standard InChI is InChI=1S/C18H28N4O3/c1-5-25-18(24)22-12-10-21(11-13-22)14(2)17(23)19-15-6-8-16(9-7-15)20(3)4/h6-9,14H,5,10-13H2,1-4H3,(H,19,23)/t14-/m0/s1. The van der Waals surface area contributed by atoms with Gasteiger partial charge in [-0.2, -0.15) is 0 Å². The van der Waals surface area contributed by atoms with Crippen LogP contribution in [0.25, 0.3) is 0 Å². The van der Waals surface area contributed by atoms with Crippen LogP contribution in [0.15, 0.2) is 24.3 Å².